The number of sulfonamides is 1. The van der Waals surface area contributed by atoms with Gasteiger partial charge in [0, 0.05) is 21.7 Å². The molecule has 0 aromatic heterocycles. The molecular weight excluding hydrogens is 443 g/mol. The second-order valence-electron chi connectivity index (χ2n) is 4.26. The first-order chi connectivity index (χ1) is 9.79. The van der Waals surface area contributed by atoms with Crippen LogP contribution in [0.4, 0.5) is 5.69 Å². The lowest BCUT2D eigenvalue weighted by Gasteiger charge is -2.11. The van der Waals surface area contributed by atoms with Gasteiger partial charge in [0.25, 0.3) is 0 Å². The Labute approximate surface area is 145 Å². The highest BCUT2D eigenvalue weighted by atomic mass is 79.9. The van der Waals surface area contributed by atoms with Crippen molar-refractivity contribution in [2.24, 2.45) is 0 Å². The van der Waals surface area contributed by atoms with Crippen molar-refractivity contribution in [3.05, 3.63) is 55.9 Å². The van der Waals surface area contributed by atoms with Gasteiger partial charge in [-0.05, 0) is 45.8 Å². The number of nitrogen functional groups attached to an aromatic ring is 1. The van der Waals surface area contributed by atoms with Gasteiger partial charge in [-0.15, -0.1) is 0 Å². The molecule has 21 heavy (non-hydrogen) atoms. The minimum absolute atomic E-state index is 0.0162. The molecule has 0 atom stereocenters. The monoisotopic (exact) mass is 452 g/mol. The van der Waals surface area contributed by atoms with Crippen molar-refractivity contribution in [3.63, 3.8) is 0 Å². The van der Waals surface area contributed by atoms with Crippen LogP contribution in [0.15, 0.2) is 50.2 Å². The number of anilines is 1. The van der Waals surface area contributed by atoms with Crippen molar-refractivity contribution < 1.29 is 8.42 Å². The Morgan fingerprint density at radius 1 is 1.19 bits per heavy atom. The van der Waals surface area contributed by atoms with Crippen molar-refractivity contribution in [1.29, 1.82) is 0 Å². The fraction of sp³-hybridized carbons (Fsp3) is 0.0769. The van der Waals surface area contributed by atoms with Gasteiger partial charge in [-0.25, -0.2) is 13.1 Å². The number of hydrogen-bond donors (Lipinski definition) is 2. The second-order valence-corrected chi connectivity index (χ2v) is 8.14. The highest BCUT2D eigenvalue weighted by molar-refractivity contribution is 9.10. The second kappa shape index (κ2) is 6.66. The van der Waals surface area contributed by atoms with Crippen LogP contribution >= 0.6 is 43.5 Å². The lowest BCUT2D eigenvalue weighted by Crippen LogP contribution is -2.23. The number of rotatable bonds is 4. The fourth-order valence-corrected chi connectivity index (χ4v) is 4.44. The van der Waals surface area contributed by atoms with Crippen LogP contribution in [0.3, 0.4) is 0 Å². The Hall–Kier alpha value is -0.600. The molecule has 0 aliphatic carbocycles. The van der Waals surface area contributed by atoms with E-state index in [9.17, 15) is 8.42 Å². The molecule has 0 unspecified atom stereocenters. The molecule has 0 bridgehead atoms. The molecule has 4 nitrogen and oxygen atoms in total. The van der Waals surface area contributed by atoms with E-state index in [0.29, 0.717) is 4.47 Å². The largest absolute Gasteiger partial charge is 0.398 e. The molecule has 0 saturated carbocycles. The van der Waals surface area contributed by atoms with E-state index in [-0.39, 0.29) is 22.2 Å². The topological polar surface area (TPSA) is 72.2 Å². The number of hydrogen-bond acceptors (Lipinski definition) is 3. The zero-order valence-electron chi connectivity index (χ0n) is 10.6. The van der Waals surface area contributed by atoms with Gasteiger partial charge in [0.15, 0.2) is 0 Å². The van der Waals surface area contributed by atoms with Crippen LogP contribution in [0.5, 0.6) is 0 Å². The molecule has 0 saturated heterocycles. The molecule has 0 radical (unpaired) electrons. The Morgan fingerprint density at radius 2 is 1.90 bits per heavy atom. The lowest BCUT2D eigenvalue weighted by atomic mass is 10.2. The summed E-state index contributed by atoms with van der Waals surface area (Å²) in [7, 11) is -3.72. The Balaban J connectivity index is 2.27. The summed E-state index contributed by atoms with van der Waals surface area (Å²) in [5, 5.41) is 0.263. The first kappa shape index (κ1) is 16.8. The van der Waals surface area contributed by atoms with Gasteiger partial charge in [0.05, 0.1) is 9.37 Å². The standard InChI is InChI=1S/C13H11Br2ClN2O2S/c14-9-3-1-2-8(4-9)7-18-21(19,20)12-6-10(16)5-11(17)13(12)15/h1-6,18H,7,17H2. The van der Waals surface area contributed by atoms with Crippen LogP contribution in [0.2, 0.25) is 5.02 Å². The maximum atomic E-state index is 12.3. The predicted molar refractivity (Wildman–Crippen MR) is 91.7 cm³/mol. The first-order valence-electron chi connectivity index (χ1n) is 5.78. The SMILES string of the molecule is Nc1cc(Cl)cc(S(=O)(=O)NCc2cccc(Br)c2)c1Br. The molecule has 0 heterocycles. The van der Waals surface area contributed by atoms with Gasteiger partial charge in [0.2, 0.25) is 10.0 Å². The summed E-state index contributed by atoms with van der Waals surface area (Å²) in [6.07, 6.45) is 0. The summed E-state index contributed by atoms with van der Waals surface area (Å²) in [6.45, 7) is 0.167. The van der Waals surface area contributed by atoms with Crippen molar-refractivity contribution >= 4 is 59.2 Å². The minimum atomic E-state index is -3.72. The van der Waals surface area contributed by atoms with Gasteiger partial charge in [-0.2, -0.15) is 0 Å². The third-order valence-electron chi connectivity index (χ3n) is 2.68. The van der Waals surface area contributed by atoms with E-state index >= 15 is 0 Å². The molecule has 2 rings (SSSR count). The van der Waals surface area contributed by atoms with E-state index in [0.717, 1.165) is 10.0 Å². The molecule has 112 valence electrons. The van der Waals surface area contributed by atoms with Gasteiger partial charge in [0.1, 0.15) is 0 Å². The average Bonchev–Trinajstić information content (AvgIpc) is 2.41. The van der Waals surface area contributed by atoms with Crippen LogP contribution in [-0.4, -0.2) is 8.42 Å². The van der Waals surface area contributed by atoms with E-state index in [1.807, 2.05) is 24.3 Å². The summed E-state index contributed by atoms with van der Waals surface area (Å²) >= 11 is 12.4. The zero-order chi connectivity index (χ0) is 15.6. The van der Waals surface area contributed by atoms with Crippen molar-refractivity contribution in [3.8, 4) is 0 Å². The summed E-state index contributed by atoms with van der Waals surface area (Å²) in [4.78, 5) is 0.0162. The summed E-state index contributed by atoms with van der Waals surface area (Å²) < 4.78 is 28.4. The van der Waals surface area contributed by atoms with Crippen molar-refractivity contribution in [2.45, 2.75) is 11.4 Å². The van der Waals surface area contributed by atoms with Crippen LogP contribution in [0, 0.1) is 0 Å². The smallest absolute Gasteiger partial charge is 0.242 e. The highest BCUT2D eigenvalue weighted by Gasteiger charge is 2.20. The summed E-state index contributed by atoms with van der Waals surface area (Å²) in [6, 6.07) is 10.2. The number of halogens is 3. The normalized spacial score (nSPS) is 11.6. The van der Waals surface area contributed by atoms with E-state index in [1.165, 1.54) is 12.1 Å². The molecule has 0 aliphatic heterocycles. The number of nitrogens with one attached hydrogen (secondary N) is 1. The molecule has 0 aliphatic rings. The third kappa shape index (κ3) is 4.20. The summed E-state index contributed by atoms with van der Waals surface area (Å²) in [5.74, 6) is 0. The van der Waals surface area contributed by atoms with Crippen LogP contribution < -0.4 is 10.5 Å². The molecular formula is C13H11Br2ClN2O2S. The maximum absolute atomic E-state index is 12.3. The van der Waals surface area contributed by atoms with E-state index < -0.39 is 10.0 Å². The van der Waals surface area contributed by atoms with Crippen molar-refractivity contribution in [2.75, 3.05) is 5.73 Å². The van der Waals surface area contributed by atoms with Gasteiger partial charge in [-0.3, -0.25) is 0 Å². The van der Waals surface area contributed by atoms with Crippen LogP contribution in [-0.2, 0) is 16.6 Å². The minimum Gasteiger partial charge on any atom is -0.398 e. The first-order valence-corrected chi connectivity index (χ1v) is 9.23. The third-order valence-corrected chi connectivity index (χ3v) is 5.96. The Morgan fingerprint density at radius 3 is 2.57 bits per heavy atom. The van der Waals surface area contributed by atoms with Gasteiger partial charge in [-0.1, -0.05) is 39.7 Å². The Kier molecular flexibility index (Phi) is 5.32. The van der Waals surface area contributed by atoms with Gasteiger partial charge >= 0.3 is 0 Å². The quantitative estimate of drug-likeness (QED) is 0.688. The zero-order valence-corrected chi connectivity index (χ0v) is 15.4. The number of benzene rings is 2. The molecule has 0 fully saturated rings. The maximum Gasteiger partial charge on any atom is 0.242 e. The average molecular weight is 455 g/mol. The van der Waals surface area contributed by atoms with Crippen LogP contribution in [0.1, 0.15) is 5.56 Å². The van der Waals surface area contributed by atoms with Crippen molar-refractivity contribution in [1.82, 2.24) is 4.72 Å². The molecule has 2 aromatic carbocycles. The predicted octanol–water partition coefficient (Wildman–Crippen LogP) is 3.93. The van der Waals surface area contributed by atoms with E-state index in [4.69, 9.17) is 17.3 Å². The Bertz CT molecular complexity index is 782. The molecule has 0 spiro atoms. The highest BCUT2D eigenvalue weighted by Crippen LogP contribution is 2.31. The molecule has 2 aromatic rings. The number of nitrogens with two attached hydrogens (primary N) is 1. The lowest BCUT2D eigenvalue weighted by molar-refractivity contribution is 0.581. The molecule has 3 N–H and O–H groups in total. The van der Waals surface area contributed by atoms with E-state index in [1.54, 1.807) is 0 Å². The van der Waals surface area contributed by atoms with E-state index in [2.05, 4.69) is 36.6 Å². The van der Waals surface area contributed by atoms with Gasteiger partial charge < -0.3 is 5.73 Å². The molecule has 8 heteroatoms. The summed E-state index contributed by atoms with van der Waals surface area (Å²) in [5.41, 5.74) is 6.82. The van der Waals surface area contributed by atoms with Crippen LogP contribution in [0.25, 0.3) is 0 Å². The molecule has 0 amide bonds. The fourth-order valence-electron chi connectivity index (χ4n) is 1.68.